The van der Waals surface area contributed by atoms with Crippen LogP contribution in [0.5, 0.6) is 0 Å². The second-order valence-corrected chi connectivity index (χ2v) is 8.06. The Kier molecular flexibility index (Phi) is 5.66. The van der Waals surface area contributed by atoms with E-state index in [1.54, 1.807) is 23.1 Å². The maximum atomic E-state index is 6.08. The van der Waals surface area contributed by atoms with Gasteiger partial charge in [0.15, 0.2) is 11.0 Å². The SMILES string of the molecule is C=CCn1c(SCc2ccc(Cl)c(Cl)c2)nnc1-c1csc(C)c1. The van der Waals surface area contributed by atoms with Crippen LogP contribution in [0.4, 0.5) is 0 Å². The number of allylic oxidation sites excluding steroid dienone is 1. The van der Waals surface area contributed by atoms with Crippen LogP contribution in [0.1, 0.15) is 10.4 Å². The number of thioether (sulfide) groups is 1. The molecule has 0 aliphatic heterocycles. The van der Waals surface area contributed by atoms with E-state index in [4.69, 9.17) is 23.2 Å². The van der Waals surface area contributed by atoms with Gasteiger partial charge in [-0.3, -0.25) is 4.57 Å². The fourth-order valence-electron chi connectivity index (χ4n) is 2.24. The van der Waals surface area contributed by atoms with E-state index in [0.29, 0.717) is 16.6 Å². The van der Waals surface area contributed by atoms with E-state index in [-0.39, 0.29) is 0 Å². The van der Waals surface area contributed by atoms with Gasteiger partial charge in [-0.2, -0.15) is 0 Å². The number of benzene rings is 1. The van der Waals surface area contributed by atoms with E-state index in [9.17, 15) is 0 Å². The molecule has 3 aromatic rings. The zero-order valence-electron chi connectivity index (χ0n) is 13.0. The molecular formula is C17H15Cl2N3S2. The van der Waals surface area contributed by atoms with Gasteiger partial charge in [0.25, 0.3) is 0 Å². The molecule has 0 radical (unpaired) electrons. The maximum Gasteiger partial charge on any atom is 0.192 e. The third-order valence-corrected chi connectivity index (χ3v) is 6.01. The summed E-state index contributed by atoms with van der Waals surface area (Å²) in [7, 11) is 0. The van der Waals surface area contributed by atoms with Crippen LogP contribution in [0.3, 0.4) is 0 Å². The summed E-state index contributed by atoms with van der Waals surface area (Å²) in [6.07, 6.45) is 1.86. The molecule has 0 saturated heterocycles. The number of hydrogen-bond donors (Lipinski definition) is 0. The monoisotopic (exact) mass is 395 g/mol. The lowest BCUT2D eigenvalue weighted by Crippen LogP contribution is -2.00. The van der Waals surface area contributed by atoms with Crippen LogP contribution < -0.4 is 0 Å². The molecule has 0 saturated carbocycles. The summed E-state index contributed by atoms with van der Waals surface area (Å²) in [6.45, 7) is 6.59. The lowest BCUT2D eigenvalue weighted by molar-refractivity contribution is 0.731. The molecule has 7 heteroatoms. The lowest BCUT2D eigenvalue weighted by Gasteiger charge is -2.07. The Balaban J connectivity index is 1.83. The van der Waals surface area contributed by atoms with Gasteiger partial charge in [0, 0.05) is 28.1 Å². The van der Waals surface area contributed by atoms with E-state index in [0.717, 1.165) is 27.9 Å². The molecule has 124 valence electrons. The summed E-state index contributed by atoms with van der Waals surface area (Å²) in [6, 6.07) is 7.79. The van der Waals surface area contributed by atoms with Crippen molar-refractivity contribution in [1.82, 2.24) is 14.8 Å². The minimum absolute atomic E-state index is 0.565. The highest BCUT2D eigenvalue weighted by Crippen LogP contribution is 2.30. The molecule has 3 rings (SSSR count). The summed E-state index contributed by atoms with van der Waals surface area (Å²) < 4.78 is 2.08. The molecule has 0 aliphatic rings. The first-order valence-electron chi connectivity index (χ1n) is 7.25. The van der Waals surface area contributed by atoms with Crippen molar-refractivity contribution in [2.45, 2.75) is 24.4 Å². The molecule has 2 heterocycles. The van der Waals surface area contributed by atoms with Crippen LogP contribution in [0.2, 0.25) is 10.0 Å². The molecule has 0 atom stereocenters. The Hall–Kier alpha value is -1.27. The molecular weight excluding hydrogens is 381 g/mol. The largest absolute Gasteiger partial charge is 0.298 e. The Morgan fingerprint density at radius 1 is 1.25 bits per heavy atom. The second-order valence-electron chi connectivity index (χ2n) is 5.19. The normalized spacial score (nSPS) is 11.0. The van der Waals surface area contributed by atoms with Crippen molar-refractivity contribution in [3.8, 4) is 11.4 Å². The third-order valence-electron chi connectivity index (χ3n) is 3.37. The Bertz CT molecular complexity index is 871. The molecule has 2 aromatic heterocycles. The molecule has 0 aliphatic carbocycles. The Morgan fingerprint density at radius 3 is 2.75 bits per heavy atom. The number of aromatic nitrogens is 3. The molecule has 0 bridgehead atoms. The molecule has 1 aromatic carbocycles. The van der Waals surface area contributed by atoms with Gasteiger partial charge in [0.05, 0.1) is 10.0 Å². The number of hydrogen-bond acceptors (Lipinski definition) is 4. The van der Waals surface area contributed by atoms with Crippen LogP contribution >= 0.6 is 46.3 Å². The molecule has 0 fully saturated rings. The molecule has 0 unspecified atom stereocenters. The van der Waals surface area contributed by atoms with Crippen molar-refractivity contribution in [3.05, 3.63) is 62.8 Å². The van der Waals surface area contributed by atoms with Gasteiger partial charge in [0.1, 0.15) is 0 Å². The predicted molar refractivity (Wildman–Crippen MR) is 104 cm³/mol. The van der Waals surface area contributed by atoms with Gasteiger partial charge < -0.3 is 0 Å². The topological polar surface area (TPSA) is 30.7 Å². The third kappa shape index (κ3) is 3.86. The maximum absolute atomic E-state index is 6.08. The van der Waals surface area contributed by atoms with Crippen LogP contribution in [0.15, 0.2) is 47.5 Å². The smallest absolute Gasteiger partial charge is 0.192 e. The van der Waals surface area contributed by atoms with E-state index in [1.807, 2.05) is 24.3 Å². The predicted octanol–water partition coefficient (Wildman–Crippen LogP) is 6.10. The summed E-state index contributed by atoms with van der Waals surface area (Å²) in [5.74, 6) is 1.62. The number of nitrogens with zero attached hydrogens (tertiary/aromatic N) is 3. The van der Waals surface area contributed by atoms with Gasteiger partial charge in [-0.15, -0.1) is 28.1 Å². The van der Waals surface area contributed by atoms with E-state index < -0.39 is 0 Å². The van der Waals surface area contributed by atoms with Gasteiger partial charge in [-0.25, -0.2) is 0 Å². The van der Waals surface area contributed by atoms with E-state index in [1.165, 1.54) is 4.88 Å². The number of rotatable bonds is 6. The highest BCUT2D eigenvalue weighted by Gasteiger charge is 2.14. The first kappa shape index (κ1) is 17.5. The van der Waals surface area contributed by atoms with Gasteiger partial charge in [-0.1, -0.05) is 47.1 Å². The van der Waals surface area contributed by atoms with E-state index in [2.05, 4.69) is 39.7 Å². The second kappa shape index (κ2) is 7.74. The highest BCUT2D eigenvalue weighted by molar-refractivity contribution is 7.98. The summed E-state index contributed by atoms with van der Waals surface area (Å²) in [4.78, 5) is 1.25. The number of thiophene rings is 1. The van der Waals surface area contributed by atoms with Crippen molar-refractivity contribution in [2.24, 2.45) is 0 Å². The highest BCUT2D eigenvalue weighted by atomic mass is 35.5. The van der Waals surface area contributed by atoms with Crippen LogP contribution in [-0.4, -0.2) is 14.8 Å². The first-order chi connectivity index (χ1) is 11.6. The molecule has 0 N–H and O–H groups in total. The van der Waals surface area contributed by atoms with Crippen molar-refractivity contribution >= 4 is 46.3 Å². The van der Waals surface area contributed by atoms with Gasteiger partial charge >= 0.3 is 0 Å². The summed E-state index contributed by atoms with van der Waals surface area (Å²) in [5.41, 5.74) is 2.18. The Labute approximate surface area is 159 Å². The van der Waals surface area contributed by atoms with Crippen LogP contribution in [-0.2, 0) is 12.3 Å². The Morgan fingerprint density at radius 2 is 2.08 bits per heavy atom. The van der Waals surface area contributed by atoms with Crippen LogP contribution in [0.25, 0.3) is 11.4 Å². The molecule has 0 amide bonds. The van der Waals surface area contributed by atoms with Gasteiger partial charge in [-0.05, 0) is 30.7 Å². The quantitative estimate of drug-likeness (QED) is 0.373. The average Bonchev–Trinajstić information content (AvgIpc) is 3.15. The fourth-order valence-corrected chi connectivity index (χ4v) is 4.13. The lowest BCUT2D eigenvalue weighted by atomic mass is 10.2. The fraction of sp³-hybridized carbons (Fsp3) is 0.176. The molecule has 3 nitrogen and oxygen atoms in total. The van der Waals surface area contributed by atoms with Crippen molar-refractivity contribution in [3.63, 3.8) is 0 Å². The van der Waals surface area contributed by atoms with Crippen molar-refractivity contribution in [2.75, 3.05) is 0 Å². The summed E-state index contributed by atoms with van der Waals surface area (Å²) >= 11 is 15.4. The molecule has 0 spiro atoms. The zero-order chi connectivity index (χ0) is 17.1. The van der Waals surface area contributed by atoms with Crippen LogP contribution in [0, 0.1) is 6.92 Å². The van der Waals surface area contributed by atoms with Crippen molar-refractivity contribution < 1.29 is 0 Å². The number of halogens is 2. The standard InChI is InChI=1S/C17H15Cl2N3S2/c1-3-6-22-16(13-7-11(2)23-10-13)20-21-17(22)24-9-12-4-5-14(18)15(19)8-12/h3-5,7-8,10H,1,6,9H2,2H3. The zero-order valence-corrected chi connectivity index (χ0v) is 16.1. The minimum atomic E-state index is 0.565. The first-order valence-corrected chi connectivity index (χ1v) is 9.87. The number of aryl methyl sites for hydroxylation is 1. The van der Waals surface area contributed by atoms with Crippen molar-refractivity contribution in [1.29, 1.82) is 0 Å². The summed E-state index contributed by atoms with van der Waals surface area (Å²) in [5, 5.41) is 12.8. The van der Waals surface area contributed by atoms with E-state index >= 15 is 0 Å². The average molecular weight is 396 g/mol. The molecule has 24 heavy (non-hydrogen) atoms. The van der Waals surface area contributed by atoms with Gasteiger partial charge in [0.2, 0.25) is 0 Å². The minimum Gasteiger partial charge on any atom is -0.298 e.